The maximum Gasteiger partial charge on any atom is 0.255 e. The quantitative estimate of drug-likeness (QED) is 0.845. The molecule has 0 saturated heterocycles. The molecule has 0 saturated carbocycles. The third-order valence-corrected chi connectivity index (χ3v) is 2.74. The summed E-state index contributed by atoms with van der Waals surface area (Å²) in [5, 5.41) is 13.8. The average molecular weight is 247 g/mol. The fraction of sp³-hybridized carbons (Fsp3) is 0.417. The van der Waals surface area contributed by atoms with Gasteiger partial charge >= 0.3 is 0 Å². The summed E-state index contributed by atoms with van der Waals surface area (Å²) in [6, 6.07) is 0. The highest BCUT2D eigenvalue weighted by Crippen LogP contribution is 2.08. The van der Waals surface area contributed by atoms with Crippen LogP contribution in [0.4, 0.5) is 0 Å². The molecule has 0 aliphatic carbocycles. The Bertz CT molecular complexity index is 535. The molecule has 0 fully saturated rings. The Hall–Kier alpha value is -2.11. The fourth-order valence-corrected chi connectivity index (χ4v) is 1.85. The summed E-state index contributed by atoms with van der Waals surface area (Å²) in [6.45, 7) is 6.85. The Morgan fingerprint density at radius 3 is 2.78 bits per heavy atom. The standard InChI is InChI=1S/C12H17N5O/c1-8-6-14-17(7-8)5-4-13-12(18)11-9(2)15-16-10(11)3/h6-7H,4-5H2,1-3H3,(H,13,18)(H,15,16). The molecule has 6 heteroatoms. The lowest BCUT2D eigenvalue weighted by Crippen LogP contribution is -2.28. The van der Waals surface area contributed by atoms with E-state index in [2.05, 4.69) is 20.6 Å². The third kappa shape index (κ3) is 2.58. The zero-order valence-electron chi connectivity index (χ0n) is 10.8. The van der Waals surface area contributed by atoms with Gasteiger partial charge < -0.3 is 5.32 Å². The Balaban J connectivity index is 1.89. The number of carbonyl (C=O) groups is 1. The predicted molar refractivity (Wildman–Crippen MR) is 67.4 cm³/mol. The minimum Gasteiger partial charge on any atom is -0.350 e. The van der Waals surface area contributed by atoms with Crippen LogP contribution in [0.2, 0.25) is 0 Å². The summed E-state index contributed by atoms with van der Waals surface area (Å²) in [4.78, 5) is 11.9. The van der Waals surface area contributed by atoms with Crippen molar-refractivity contribution in [1.29, 1.82) is 0 Å². The van der Waals surface area contributed by atoms with Crippen LogP contribution in [0.25, 0.3) is 0 Å². The molecule has 2 heterocycles. The average Bonchev–Trinajstić information content (AvgIpc) is 2.86. The highest BCUT2D eigenvalue weighted by atomic mass is 16.1. The van der Waals surface area contributed by atoms with Crippen LogP contribution in [-0.2, 0) is 6.54 Å². The summed E-state index contributed by atoms with van der Waals surface area (Å²) in [5.41, 5.74) is 3.26. The van der Waals surface area contributed by atoms with Crippen molar-refractivity contribution in [2.45, 2.75) is 27.3 Å². The Morgan fingerprint density at radius 1 is 1.44 bits per heavy atom. The number of rotatable bonds is 4. The molecule has 2 aromatic rings. The Morgan fingerprint density at radius 2 is 2.22 bits per heavy atom. The van der Waals surface area contributed by atoms with Crippen molar-refractivity contribution in [3.8, 4) is 0 Å². The lowest BCUT2D eigenvalue weighted by atomic mass is 10.2. The first kappa shape index (κ1) is 12.3. The number of aryl methyl sites for hydroxylation is 3. The second-order valence-corrected chi connectivity index (χ2v) is 4.35. The molecule has 0 aromatic carbocycles. The highest BCUT2D eigenvalue weighted by molar-refractivity contribution is 5.96. The number of nitrogens with one attached hydrogen (secondary N) is 2. The molecular weight excluding hydrogens is 230 g/mol. The second-order valence-electron chi connectivity index (χ2n) is 4.35. The number of carbonyl (C=O) groups excluding carboxylic acids is 1. The van der Waals surface area contributed by atoms with Gasteiger partial charge in [-0.2, -0.15) is 10.2 Å². The summed E-state index contributed by atoms with van der Waals surface area (Å²) < 4.78 is 1.81. The van der Waals surface area contributed by atoms with Gasteiger partial charge in [-0.25, -0.2) is 0 Å². The van der Waals surface area contributed by atoms with Crippen molar-refractivity contribution in [2.75, 3.05) is 6.54 Å². The number of hydrogen-bond acceptors (Lipinski definition) is 3. The zero-order valence-corrected chi connectivity index (χ0v) is 10.8. The Kier molecular flexibility index (Phi) is 3.45. The number of hydrogen-bond donors (Lipinski definition) is 2. The molecule has 0 unspecified atom stereocenters. The van der Waals surface area contributed by atoms with Crippen LogP contribution >= 0.6 is 0 Å². The molecule has 0 bridgehead atoms. The van der Waals surface area contributed by atoms with Gasteiger partial charge in [-0.3, -0.25) is 14.6 Å². The summed E-state index contributed by atoms with van der Waals surface area (Å²) in [7, 11) is 0. The minimum atomic E-state index is -0.0948. The van der Waals surface area contributed by atoms with Gasteiger partial charge in [-0.05, 0) is 26.3 Å². The van der Waals surface area contributed by atoms with E-state index >= 15 is 0 Å². The van der Waals surface area contributed by atoms with Crippen molar-refractivity contribution in [1.82, 2.24) is 25.3 Å². The number of aromatic amines is 1. The van der Waals surface area contributed by atoms with Crippen molar-refractivity contribution in [3.05, 3.63) is 34.9 Å². The summed E-state index contributed by atoms with van der Waals surface area (Å²) in [5.74, 6) is -0.0948. The number of nitrogens with zero attached hydrogens (tertiary/aromatic N) is 3. The Labute approximate surface area is 105 Å². The van der Waals surface area contributed by atoms with Crippen molar-refractivity contribution in [2.24, 2.45) is 0 Å². The third-order valence-electron chi connectivity index (χ3n) is 2.74. The summed E-state index contributed by atoms with van der Waals surface area (Å²) >= 11 is 0. The predicted octanol–water partition coefficient (Wildman–Crippen LogP) is 0.961. The summed E-state index contributed by atoms with van der Waals surface area (Å²) in [6.07, 6.45) is 3.74. The maximum absolute atomic E-state index is 11.9. The first-order chi connectivity index (χ1) is 8.58. The van der Waals surface area contributed by atoms with Gasteiger partial charge in [0.2, 0.25) is 0 Å². The van der Waals surface area contributed by atoms with Crippen LogP contribution in [0.15, 0.2) is 12.4 Å². The lowest BCUT2D eigenvalue weighted by molar-refractivity contribution is 0.0951. The normalized spacial score (nSPS) is 10.6. The minimum absolute atomic E-state index is 0.0948. The van der Waals surface area contributed by atoms with E-state index in [1.54, 1.807) is 6.20 Å². The monoisotopic (exact) mass is 247 g/mol. The van der Waals surface area contributed by atoms with E-state index in [4.69, 9.17) is 0 Å². The topological polar surface area (TPSA) is 75.6 Å². The molecule has 6 nitrogen and oxygen atoms in total. The molecule has 0 radical (unpaired) electrons. The van der Waals surface area contributed by atoms with Crippen LogP contribution in [-0.4, -0.2) is 32.4 Å². The first-order valence-corrected chi connectivity index (χ1v) is 5.86. The smallest absolute Gasteiger partial charge is 0.255 e. The van der Waals surface area contributed by atoms with E-state index in [1.807, 2.05) is 31.6 Å². The van der Waals surface area contributed by atoms with Gasteiger partial charge in [-0.1, -0.05) is 0 Å². The molecular formula is C12H17N5O. The molecule has 18 heavy (non-hydrogen) atoms. The fourth-order valence-electron chi connectivity index (χ4n) is 1.85. The van der Waals surface area contributed by atoms with E-state index in [0.717, 1.165) is 17.0 Å². The van der Waals surface area contributed by atoms with Crippen LogP contribution in [0, 0.1) is 20.8 Å². The number of amides is 1. The molecule has 0 spiro atoms. The molecule has 0 aliphatic rings. The van der Waals surface area contributed by atoms with Crippen LogP contribution in [0.3, 0.4) is 0 Å². The van der Waals surface area contributed by atoms with Crippen molar-refractivity contribution in [3.63, 3.8) is 0 Å². The van der Waals surface area contributed by atoms with Crippen LogP contribution in [0.5, 0.6) is 0 Å². The van der Waals surface area contributed by atoms with Crippen molar-refractivity contribution >= 4 is 5.91 Å². The van der Waals surface area contributed by atoms with Crippen LogP contribution < -0.4 is 5.32 Å². The van der Waals surface area contributed by atoms with Gasteiger partial charge in [-0.15, -0.1) is 0 Å². The zero-order chi connectivity index (χ0) is 13.1. The van der Waals surface area contributed by atoms with Gasteiger partial charge in [0.15, 0.2) is 0 Å². The first-order valence-electron chi connectivity index (χ1n) is 5.86. The van der Waals surface area contributed by atoms with Crippen LogP contribution in [0.1, 0.15) is 27.3 Å². The van der Waals surface area contributed by atoms with Gasteiger partial charge in [0.25, 0.3) is 5.91 Å². The second kappa shape index (κ2) is 5.03. The molecule has 0 atom stereocenters. The molecule has 0 aliphatic heterocycles. The SMILES string of the molecule is Cc1cnn(CCNC(=O)c2c(C)n[nH]c2C)c1. The molecule has 2 N–H and O–H groups in total. The maximum atomic E-state index is 11.9. The lowest BCUT2D eigenvalue weighted by Gasteiger charge is -2.05. The number of H-pyrrole nitrogens is 1. The van der Waals surface area contributed by atoms with Gasteiger partial charge in [0.05, 0.1) is 24.0 Å². The largest absolute Gasteiger partial charge is 0.350 e. The van der Waals surface area contributed by atoms with Gasteiger partial charge in [0, 0.05) is 18.4 Å². The molecule has 2 aromatic heterocycles. The van der Waals surface area contributed by atoms with E-state index in [-0.39, 0.29) is 5.91 Å². The molecule has 96 valence electrons. The molecule has 2 rings (SSSR count). The molecule has 1 amide bonds. The van der Waals surface area contributed by atoms with E-state index in [0.29, 0.717) is 18.7 Å². The van der Waals surface area contributed by atoms with Crippen molar-refractivity contribution < 1.29 is 4.79 Å². The number of aromatic nitrogens is 4. The van der Waals surface area contributed by atoms with E-state index < -0.39 is 0 Å². The highest BCUT2D eigenvalue weighted by Gasteiger charge is 2.14. The van der Waals surface area contributed by atoms with E-state index in [9.17, 15) is 4.79 Å². The van der Waals surface area contributed by atoms with E-state index in [1.165, 1.54) is 0 Å². The van der Waals surface area contributed by atoms with Gasteiger partial charge in [0.1, 0.15) is 0 Å².